The van der Waals surface area contributed by atoms with Crippen LogP contribution in [-0.2, 0) is 16.1 Å². The van der Waals surface area contributed by atoms with E-state index in [1.807, 2.05) is 16.8 Å². The number of imidazole rings is 1. The van der Waals surface area contributed by atoms with Crippen molar-refractivity contribution in [2.45, 2.75) is 57.4 Å². The van der Waals surface area contributed by atoms with Gasteiger partial charge in [-0.15, -0.1) is 0 Å². The van der Waals surface area contributed by atoms with Crippen molar-refractivity contribution in [2.75, 3.05) is 19.6 Å². The fourth-order valence-electron chi connectivity index (χ4n) is 6.06. The maximum absolute atomic E-state index is 13.6. The van der Waals surface area contributed by atoms with Crippen LogP contribution in [0.25, 0.3) is 0 Å². The Morgan fingerprint density at radius 3 is 2.56 bits per heavy atom. The molecule has 1 aromatic heterocycles. The number of piperidine rings is 1. The highest BCUT2D eigenvalue weighted by Gasteiger charge is 2.58. The van der Waals surface area contributed by atoms with Gasteiger partial charge in [0, 0.05) is 44.5 Å². The third kappa shape index (κ3) is 4.32. The van der Waals surface area contributed by atoms with E-state index in [9.17, 15) is 9.59 Å². The Balaban J connectivity index is 1.15. The quantitative estimate of drug-likeness (QED) is 0.724. The summed E-state index contributed by atoms with van der Waals surface area (Å²) in [4.78, 5) is 32.4. The Morgan fingerprint density at radius 1 is 1.12 bits per heavy atom. The fourth-order valence-corrected chi connectivity index (χ4v) is 6.06. The second-order valence-corrected chi connectivity index (χ2v) is 9.97. The first-order valence-electron chi connectivity index (χ1n) is 12.2. The lowest BCUT2D eigenvalue weighted by atomic mass is 9.82. The van der Waals surface area contributed by atoms with Crippen molar-refractivity contribution in [2.24, 2.45) is 17.3 Å². The number of benzene rings is 1. The van der Waals surface area contributed by atoms with Gasteiger partial charge in [-0.05, 0) is 49.0 Å². The van der Waals surface area contributed by atoms with Gasteiger partial charge in [-0.3, -0.25) is 9.59 Å². The molecule has 1 aromatic carbocycles. The van der Waals surface area contributed by atoms with Crippen LogP contribution in [0.5, 0.6) is 0 Å². The van der Waals surface area contributed by atoms with E-state index in [1.165, 1.54) is 18.4 Å². The second-order valence-electron chi connectivity index (χ2n) is 9.97. The SMILES string of the molecule is O=C(NCCn1ccnc1)[C@@H]1CC12CCN(C(=O)[C@H](c1ccccc1)C1CCCC1)CC2. The summed E-state index contributed by atoms with van der Waals surface area (Å²) in [5.41, 5.74) is 1.29. The molecule has 2 atom stereocenters. The van der Waals surface area contributed by atoms with Crippen molar-refractivity contribution >= 4 is 11.8 Å². The van der Waals surface area contributed by atoms with Gasteiger partial charge in [-0.1, -0.05) is 43.2 Å². The summed E-state index contributed by atoms with van der Waals surface area (Å²) in [7, 11) is 0. The molecule has 32 heavy (non-hydrogen) atoms. The average molecular weight is 435 g/mol. The van der Waals surface area contributed by atoms with Gasteiger partial charge in [0.25, 0.3) is 0 Å². The third-order valence-corrected chi connectivity index (χ3v) is 8.10. The number of nitrogens with one attached hydrogen (secondary N) is 1. The molecule has 0 radical (unpaired) electrons. The van der Waals surface area contributed by atoms with Gasteiger partial charge in [0.1, 0.15) is 0 Å². The van der Waals surface area contributed by atoms with E-state index < -0.39 is 0 Å². The third-order valence-electron chi connectivity index (χ3n) is 8.10. The van der Waals surface area contributed by atoms with Gasteiger partial charge in [0.15, 0.2) is 0 Å². The first-order valence-corrected chi connectivity index (χ1v) is 12.2. The molecule has 5 rings (SSSR count). The molecule has 1 aliphatic heterocycles. The summed E-state index contributed by atoms with van der Waals surface area (Å²) in [6.45, 7) is 2.95. The smallest absolute Gasteiger partial charge is 0.230 e. The maximum atomic E-state index is 13.6. The minimum Gasteiger partial charge on any atom is -0.354 e. The van der Waals surface area contributed by atoms with Crippen molar-refractivity contribution in [1.82, 2.24) is 19.8 Å². The van der Waals surface area contributed by atoms with Crippen LogP contribution >= 0.6 is 0 Å². The minimum absolute atomic E-state index is 0.00535. The summed E-state index contributed by atoms with van der Waals surface area (Å²) in [5.74, 6) is 1.06. The Labute approximate surface area is 190 Å². The molecule has 3 aliphatic rings. The minimum atomic E-state index is -0.00535. The molecule has 6 heteroatoms. The second kappa shape index (κ2) is 9.08. The molecule has 1 saturated heterocycles. The molecule has 0 unspecified atom stereocenters. The van der Waals surface area contributed by atoms with E-state index in [0.717, 1.165) is 51.7 Å². The summed E-state index contributed by atoms with van der Waals surface area (Å²) in [6, 6.07) is 10.4. The highest BCUT2D eigenvalue weighted by atomic mass is 16.2. The highest BCUT2D eigenvalue weighted by molar-refractivity contribution is 5.85. The van der Waals surface area contributed by atoms with E-state index >= 15 is 0 Å². The van der Waals surface area contributed by atoms with E-state index in [4.69, 9.17) is 0 Å². The standard InChI is InChI=1S/C26H34N4O2/c31-24(28-13-17-29-16-12-27-19-29)22-18-26(22)10-14-30(15-11-26)25(32)23(21-8-4-5-9-21)20-6-2-1-3-7-20/h1-3,6-7,12,16,19,21-23H,4-5,8-11,13-15,17-18H2,(H,28,31)/t22-,23+/m0/s1. The number of aromatic nitrogens is 2. The monoisotopic (exact) mass is 434 g/mol. The maximum Gasteiger partial charge on any atom is 0.230 e. The largest absolute Gasteiger partial charge is 0.354 e. The first-order chi connectivity index (χ1) is 15.7. The Kier molecular flexibility index (Phi) is 6.03. The zero-order valence-corrected chi connectivity index (χ0v) is 18.8. The van der Waals surface area contributed by atoms with Crippen LogP contribution in [-0.4, -0.2) is 45.9 Å². The summed E-state index contributed by atoms with van der Waals surface area (Å²) in [5, 5.41) is 3.10. The zero-order valence-electron chi connectivity index (χ0n) is 18.8. The van der Waals surface area contributed by atoms with E-state index in [1.54, 1.807) is 12.5 Å². The predicted octanol–water partition coefficient (Wildman–Crippen LogP) is 3.60. The summed E-state index contributed by atoms with van der Waals surface area (Å²) < 4.78 is 1.97. The van der Waals surface area contributed by atoms with Crippen LogP contribution in [0.3, 0.4) is 0 Å². The van der Waals surface area contributed by atoms with Crippen LogP contribution in [0.4, 0.5) is 0 Å². The molecule has 2 saturated carbocycles. The topological polar surface area (TPSA) is 67.2 Å². The number of carbonyl (C=O) groups is 2. The lowest BCUT2D eigenvalue weighted by Gasteiger charge is -2.36. The van der Waals surface area contributed by atoms with Gasteiger partial charge >= 0.3 is 0 Å². The van der Waals surface area contributed by atoms with Crippen LogP contribution in [0.1, 0.15) is 56.4 Å². The van der Waals surface area contributed by atoms with Crippen molar-refractivity contribution in [3.05, 3.63) is 54.6 Å². The van der Waals surface area contributed by atoms with Crippen LogP contribution < -0.4 is 5.32 Å². The molecule has 2 heterocycles. The molecule has 2 amide bonds. The molecule has 6 nitrogen and oxygen atoms in total. The number of amides is 2. The lowest BCUT2D eigenvalue weighted by Crippen LogP contribution is -2.44. The zero-order chi connectivity index (χ0) is 22.0. The van der Waals surface area contributed by atoms with E-state index in [2.05, 4.69) is 39.5 Å². The number of rotatable bonds is 7. The molecule has 2 aliphatic carbocycles. The van der Waals surface area contributed by atoms with Gasteiger partial charge in [0.2, 0.25) is 11.8 Å². The molecular weight excluding hydrogens is 400 g/mol. The fraction of sp³-hybridized carbons (Fsp3) is 0.577. The van der Waals surface area contributed by atoms with E-state index in [0.29, 0.717) is 18.4 Å². The number of hydrogen-bond donors (Lipinski definition) is 1. The Morgan fingerprint density at radius 2 is 1.88 bits per heavy atom. The first kappa shape index (κ1) is 21.2. The van der Waals surface area contributed by atoms with Crippen LogP contribution in [0.15, 0.2) is 49.1 Å². The lowest BCUT2D eigenvalue weighted by molar-refractivity contribution is -0.135. The van der Waals surface area contributed by atoms with Crippen LogP contribution in [0, 0.1) is 17.3 Å². The number of nitrogens with zero attached hydrogens (tertiary/aromatic N) is 3. The highest BCUT2D eigenvalue weighted by Crippen LogP contribution is 2.59. The Bertz CT molecular complexity index is 913. The average Bonchev–Trinajstić information content (AvgIpc) is 3.21. The molecule has 2 aromatic rings. The normalized spacial score (nSPS) is 23.2. The van der Waals surface area contributed by atoms with Crippen molar-refractivity contribution in [1.29, 1.82) is 0 Å². The molecule has 1 spiro atoms. The predicted molar refractivity (Wildman–Crippen MR) is 123 cm³/mol. The molecule has 0 bridgehead atoms. The summed E-state index contributed by atoms with van der Waals surface area (Å²) in [6.07, 6.45) is 13.1. The molecular formula is C26H34N4O2. The van der Waals surface area contributed by atoms with Gasteiger partial charge in [-0.2, -0.15) is 0 Å². The van der Waals surface area contributed by atoms with Crippen molar-refractivity contribution in [3.8, 4) is 0 Å². The Hall–Kier alpha value is -2.63. The van der Waals surface area contributed by atoms with E-state index in [-0.39, 0.29) is 23.2 Å². The van der Waals surface area contributed by atoms with Crippen LogP contribution in [0.2, 0.25) is 0 Å². The summed E-state index contributed by atoms with van der Waals surface area (Å²) >= 11 is 0. The number of likely N-dealkylation sites (tertiary alicyclic amines) is 1. The molecule has 170 valence electrons. The molecule has 3 fully saturated rings. The number of carbonyl (C=O) groups excluding carboxylic acids is 2. The van der Waals surface area contributed by atoms with Crippen molar-refractivity contribution < 1.29 is 9.59 Å². The van der Waals surface area contributed by atoms with Gasteiger partial charge < -0.3 is 14.8 Å². The van der Waals surface area contributed by atoms with Crippen molar-refractivity contribution in [3.63, 3.8) is 0 Å². The van der Waals surface area contributed by atoms with Gasteiger partial charge in [-0.25, -0.2) is 4.98 Å². The molecule has 1 N–H and O–H groups in total. The number of hydrogen-bond acceptors (Lipinski definition) is 3. The van der Waals surface area contributed by atoms with Gasteiger partial charge in [0.05, 0.1) is 12.2 Å².